The molecule has 5 nitrogen and oxygen atoms in total. The summed E-state index contributed by atoms with van der Waals surface area (Å²) in [6.45, 7) is -0.260. The lowest BCUT2D eigenvalue weighted by molar-refractivity contribution is 0.256. The fourth-order valence-corrected chi connectivity index (χ4v) is 4.64. The first-order chi connectivity index (χ1) is 10.6. The Morgan fingerprint density at radius 3 is 2.77 bits per heavy atom. The van der Waals surface area contributed by atoms with Crippen LogP contribution < -0.4 is 4.72 Å². The van der Waals surface area contributed by atoms with Crippen LogP contribution in [0.1, 0.15) is 5.56 Å². The minimum Gasteiger partial charge on any atom is -0.395 e. The Kier molecular flexibility index (Phi) is 4.30. The minimum absolute atomic E-state index is 0.255. The Hall–Kier alpha value is -1.67. The summed E-state index contributed by atoms with van der Waals surface area (Å²) in [5, 5.41) is 12.3. The van der Waals surface area contributed by atoms with E-state index in [0.29, 0.717) is 6.42 Å². The van der Waals surface area contributed by atoms with Gasteiger partial charge in [0.25, 0.3) is 0 Å². The molecule has 3 N–H and O–H groups in total. The zero-order valence-corrected chi connectivity index (χ0v) is 13.3. The maximum Gasteiger partial charge on any atom is 0.250 e. The normalized spacial score (nSPS) is 13.5. The highest BCUT2D eigenvalue weighted by Gasteiger charge is 2.21. The quantitative estimate of drug-likeness (QED) is 0.645. The van der Waals surface area contributed by atoms with Gasteiger partial charge in [0.15, 0.2) is 0 Å². The summed E-state index contributed by atoms with van der Waals surface area (Å²) in [6.07, 6.45) is 2.28. The van der Waals surface area contributed by atoms with Crippen molar-refractivity contribution < 1.29 is 13.5 Å². The van der Waals surface area contributed by atoms with Gasteiger partial charge in [0.05, 0.1) is 6.61 Å². The van der Waals surface area contributed by atoms with E-state index < -0.39 is 16.1 Å². The van der Waals surface area contributed by atoms with Crippen molar-refractivity contribution in [1.82, 2.24) is 9.71 Å². The zero-order valence-electron chi connectivity index (χ0n) is 11.7. The summed E-state index contributed by atoms with van der Waals surface area (Å²) in [5.74, 6) is 0. The summed E-state index contributed by atoms with van der Waals surface area (Å²) in [6, 6.07) is 10.5. The predicted molar refractivity (Wildman–Crippen MR) is 87.5 cm³/mol. The number of sulfonamides is 1. The van der Waals surface area contributed by atoms with Crippen LogP contribution in [0.25, 0.3) is 10.9 Å². The van der Waals surface area contributed by atoms with Crippen LogP contribution in [0, 0.1) is 0 Å². The van der Waals surface area contributed by atoms with E-state index in [1.165, 1.54) is 0 Å². The largest absolute Gasteiger partial charge is 0.395 e. The number of aliphatic hydroxyl groups is 1. The summed E-state index contributed by atoms with van der Waals surface area (Å²) >= 11 is 1.15. The van der Waals surface area contributed by atoms with Crippen LogP contribution in [0.4, 0.5) is 0 Å². The van der Waals surface area contributed by atoms with Crippen LogP contribution >= 0.6 is 11.3 Å². The molecule has 0 radical (unpaired) electrons. The molecule has 0 aliphatic rings. The molecule has 2 aromatic heterocycles. The Labute approximate surface area is 132 Å². The summed E-state index contributed by atoms with van der Waals surface area (Å²) in [4.78, 5) is 3.15. The molecule has 0 aliphatic heterocycles. The molecule has 1 atom stereocenters. The SMILES string of the molecule is O=S(=O)(N[C@H](CO)Cc1c[nH]c2ccccc12)c1cccs1. The molecular formula is C15H16N2O3S2. The Morgan fingerprint density at radius 2 is 2.05 bits per heavy atom. The molecule has 0 saturated heterocycles. The fourth-order valence-electron chi connectivity index (χ4n) is 2.40. The number of thiophene rings is 1. The number of fused-ring (bicyclic) bond motifs is 1. The smallest absolute Gasteiger partial charge is 0.250 e. The van der Waals surface area contributed by atoms with E-state index >= 15 is 0 Å². The second-order valence-corrected chi connectivity index (χ2v) is 7.89. The number of aromatic amines is 1. The molecule has 0 fully saturated rings. The lowest BCUT2D eigenvalue weighted by Crippen LogP contribution is -2.38. The van der Waals surface area contributed by atoms with Crippen LogP contribution in [0.15, 0.2) is 52.2 Å². The molecule has 1 aromatic carbocycles. The van der Waals surface area contributed by atoms with Gasteiger partial charge in [-0.25, -0.2) is 13.1 Å². The molecule has 2 heterocycles. The standard InChI is InChI=1S/C15H16N2O3S2/c18-10-12(17-22(19,20)15-6-3-7-21-15)8-11-9-16-14-5-2-1-4-13(11)14/h1-7,9,12,16-18H,8,10H2/t12-/m0/s1. The number of aliphatic hydroxyl groups excluding tert-OH is 1. The maximum absolute atomic E-state index is 12.2. The van der Waals surface area contributed by atoms with E-state index in [9.17, 15) is 13.5 Å². The van der Waals surface area contributed by atoms with Gasteiger partial charge in [-0.3, -0.25) is 0 Å². The molecule has 3 aromatic rings. The first-order valence-corrected chi connectivity index (χ1v) is 9.18. The summed E-state index contributed by atoms with van der Waals surface area (Å²) in [5.41, 5.74) is 1.97. The predicted octanol–water partition coefficient (Wildman–Crippen LogP) is 2.11. The third-order valence-electron chi connectivity index (χ3n) is 3.44. The first-order valence-electron chi connectivity index (χ1n) is 6.82. The molecule has 0 spiro atoms. The van der Waals surface area contributed by atoms with Crippen molar-refractivity contribution in [3.63, 3.8) is 0 Å². The van der Waals surface area contributed by atoms with E-state index in [4.69, 9.17) is 0 Å². The third-order valence-corrected chi connectivity index (χ3v) is 6.36. The van der Waals surface area contributed by atoms with Crippen LogP contribution in [0.5, 0.6) is 0 Å². The summed E-state index contributed by atoms with van der Waals surface area (Å²) < 4.78 is 27.3. The summed E-state index contributed by atoms with van der Waals surface area (Å²) in [7, 11) is -3.59. The van der Waals surface area contributed by atoms with Crippen LogP contribution in [-0.2, 0) is 16.4 Å². The lowest BCUT2D eigenvalue weighted by atomic mass is 10.1. The highest BCUT2D eigenvalue weighted by Crippen LogP contribution is 2.20. The van der Waals surface area contributed by atoms with Crippen molar-refractivity contribution in [3.05, 3.63) is 53.5 Å². The number of nitrogens with one attached hydrogen (secondary N) is 2. The number of para-hydroxylation sites is 1. The average Bonchev–Trinajstić information content (AvgIpc) is 3.16. The van der Waals surface area contributed by atoms with E-state index in [1.807, 2.05) is 30.5 Å². The van der Waals surface area contributed by atoms with E-state index in [-0.39, 0.29) is 10.8 Å². The molecule has 0 saturated carbocycles. The van der Waals surface area contributed by atoms with E-state index in [0.717, 1.165) is 27.8 Å². The van der Waals surface area contributed by atoms with Crippen molar-refractivity contribution >= 4 is 32.3 Å². The number of aromatic nitrogens is 1. The van der Waals surface area contributed by atoms with Gasteiger partial charge in [-0.1, -0.05) is 24.3 Å². The molecule has 116 valence electrons. The minimum atomic E-state index is -3.59. The molecule has 0 bridgehead atoms. The fraction of sp³-hybridized carbons (Fsp3) is 0.200. The zero-order chi connectivity index (χ0) is 15.6. The van der Waals surface area contributed by atoms with Gasteiger partial charge in [0, 0.05) is 23.1 Å². The van der Waals surface area contributed by atoms with Gasteiger partial charge in [0.2, 0.25) is 10.0 Å². The Bertz CT molecular complexity index is 854. The monoisotopic (exact) mass is 336 g/mol. The second kappa shape index (κ2) is 6.21. The van der Waals surface area contributed by atoms with Crippen molar-refractivity contribution in [2.75, 3.05) is 6.61 Å². The second-order valence-electron chi connectivity index (χ2n) is 5.00. The third kappa shape index (κ3) is 3.07. The molecule has 3 rings (SSSR count). The molecule has 0 amide bonds. The van der Waals surface area contributed by atoms with Crippen molar-refractivity contribution in [2.24, 2.45) is 0 Å². The Balaban J connectivity index is 1.81. The molecule has 0 unspecified atom stereocenters. The van der Waals surface area contributed by atoms with E-state index in [2.05, 4.69) is 9.71 Å². The van der Waals surface area contributed by atoms with Gasteiger partial charge in [-0.05, 0) is 29.5 Å². The van der Waals surface area contributed by atoms with Gasteiger partial charge >= 0.3 is 0 Å². The molecule has 22 heavy (non-hydrogen) atoms. The number of rotatable bonds is 6. The lowest BCUT2D eigenvalue weighted by Gasteiger charge is -2.15. The number of H-pyrrole nitrogens is 1. The first kappa shape index (κ1) is 15.2. The highest BCUT2D eigenvalue weighted by atomic mass is 32.2. The van der Waals surface area contributed by atoms with Crippen LogP contribution in [0.3, 0.4) is 0 Å². The van der Waals surface area contributed by atoms with Gasteiger partial charge in [0.1, 0.15) is 4.21 Å². The highest BCUT2D eigenvalue weighted by molar-refractivity contribution is 7.91. The van der Waals surface area contributed by atoms with Gasteiger partial charge < -0.3 is 10.1 Å². The van der Waals surface area contributed by atoms with Crippen molar-refractivity contribution in [3.8, 4) is 0 Å². The number of benzene rings is 1. The molecular weight excluding hydrogens is 320 g/mol. The molecule has 7 heteroatoms. The number of hydrogen-bond acceptors (Lipinski definition) is 4. The number of hydrogen-bond donors (Lipinski definition) is 3. The average molecular weight is 336 g/mol. The van der Waals surface area contributed by atoms with Crippen LogP contribution in [-0.4, -0.2) is 31.2 Å². The van der Waals surface area contributed by atoms with Gasteiger partial charge in [-0.2, -0.15) is 0 Å². The van der Waals surface area contributed by atoms with Crippen LogP contribution in [0.2, 0.25) is 0 Å². The van der Waals surface area contributed by atoms with Crippen molar-refractivity contribution in [1.29, 1.82) is 0 Å². The Morgan fingerprint density at radius 1 is 1.23 bits per heavy atom. The van der Waals surface area contributed by atoms with Gasteiger partial charge in [-0.15, -0.1) is 11.3 Å². The topological polar surface area (TPSA) is 82.2 Å². The van der Waals surface area contributed by atoms with Crippen molar-refractivity contribution in [2.45, 2.75) is 16.7 Å². The van der Waals surface area contributed by atoms with E-state index in [1.54, 1.807) is 17.5 Å². The maximum atomic E-state index is 12.2. The molecule has 0 aliphatic carbocycles.